The lowest BCUT2D eigenvalue weighted by atomic mass is 9.85. The quantitative estimate of drug-likeness (QED) is 0.250. The van der Waals surface area contributed by atoms with E-state index in [0.717, 1.165) is 44.1 Å². The van der Waals surface area contributed by atoms with Crippen molar-refractivity contribution in [1.29, 1.82) is 0 Å². The van der Waals surface area contributed by atoms with E-state index in [4.69, 9.17) is 9.47 Å². The molecule has 0 saturated carbocycles. The number of unbranched alkanes of at least 4 members (excludes halogenated alkanes) is 3. The molecule has 0 aromatic heterocycles. The number of rotatable bonds is 12. The largest absolute Gasteiger partial charge is 0.493 e. The molecule has 1 fully saturated rings. The zero-order valence-corrected chi connectivity index (χ0v) is 23.2. The standard InChI is InChI=1S/C33H44N2O2/c1-5-6-7-14-21-35-23-22-34(32(28-15-10-8-11-16-28)29-17-12-9-13-18-29)26-33(35,2)25-27-19-20-30(36-3)31(24-27)37-4/h8-13,15-20,24,32H,5-7,14,21-23,25-26H2,1-4H3. The maximum atomic E-state index is 5.64. The van der Waals surface area contributed by atoms with Crippen molar-refractivity contribution in [3.05, 3.63) is 95.6 Å². The van der Waals surface area contributed by atoms with Crippen LogP contribution in [0.3, 0.4) is 0 Å². The zero-order valence-electron chi connectivity index (χ0n) is 23.2. The Hall–Kier alpha value is -2.82. The van der Waals surface area contributed by atoms with Crippen LogP contribution in [0.25, 0.3) is 0 Å². The number of hydrogen-bond donors (Lipinski definition) is 0. The molecule has 1 aliphatic heterocycles. The van der Waals surface area contributed by atoms with Crippen LogP contribution < -0.4 is 9.47 Å². The van der Waals surface area contributed by atoms with Gasteiger partial charge in [0.15, 0.2) is 11.5 Å². The summed E-state index contributed by atoms with van der Waals surface area (Å²) < 4.78 is 11.2. The normalized spacial score (nSPS) is 18.7. The summed E-state index contributed by atoms with van der Waals surface area (Å²) in [6.45, 7) is 9.04. The highest BCUT2D eigenvalue weighted by Gasteiger charge is 2.40. The Kier molecular flexibility index (Phi) is 9.65. The van der Waals surface area contributed by atoms with E-state index in [-0.39, 0.29) is 11.6 Å². The van der Waals surface area contributed by atoms with Crippen molar-refractivity contribution in [2.45, 2.75) is 57.5 Å². The molecular weight excluding hydrogens is 456 g/mol. The molecule has 1 saturated heterocycles. The molecule has 198 valence electrons. The summed E-state index contributed by atoms with van der Waals surface area (Å²) >= 11 is 0. The van der Waals surface area contributed by atoms with Gasteiger partial charge in [0, 0.05) is 25.2 Å². The molecule has 37 heavy (non-hydrogen) atoms. The van der Waals surface area contributed by atoms with Crippen molar-refractivity contribution < 1.29 is 9.47 Å². The molecular formula is C33H44N2O2. The van der Waals surface area contributed by atoms with E-state index >= 15 is 0 Å². The van der Waals surface area contributed by atoms with E-state index in [2.05, 4.69) is 96.4 Å². The van der Waals surface area contributed by atoms with Crippen LogP contribution in [0.1, 0.15) is 62.3 Å². The van der Waals surface area contributed by atoms with Gasteiger partial charge in [-0.25, -0.2) is 0 Å². The number of ether oxygens (including phenoxy) is 2. The number of nitrogens with zero attached hydrogens (tertiary/aromatic N) is 2. The molecule has 3 aromatic carbocycles. The second-order valence-electron chi connectivity index (χ2n) is 10.6. The molecule has 0 spiro atoms. The van der Waals surface area contributed by atoms with Gasteiger partial charge in [0.05, 0.1) is 20.3 Å². The summed E-state index contributed by atoms with van der Waals surface area (Å²) in [5.74, 6) is 1.59. The Labute approximate surface area is 224 Å². The second-order valence-corrected chi connectivity index (χ2v) is 10.6. The van der Waals surface area contributed by atoms with Crippen molar-refractivity contribution >= 4 is 0 Å². The Bertz CT molecular complexity index is 1050. The third-order valence-electron chi connectivity index (χ3n) is 7.87. The minimum atomic E-state index is 0.00583. The lowest BCUT2D eigenvalue weighted by molar-refractivity contribution is -0.00540. The summed E-state index contributed by atoms with van der Waals surface area (Å²) in [5, 5.41) is 0. The highest BCUT2D eigenvalue weighted by molar-refractivity contribution is 5.43. The van der Waals surface area contributed by atoms with Crippen LogP contribution in [0.2, 0.25) is 0 Å². The molecule has 0 amide bonds. The molecule has 3 aromatic rings. The first-order chi connectivity index (χ1) is 18.1. The summed E-state index contributed by atoms with van der Waals surface area (Å²) in [5.41, 5.74) is 4.01. The van der Waals surface area contributed by atoms with Gasteiger partial charge >= 0.3 is 0 Å². The van der Waals surface area contributed by atoms with E-state index < -0.39 is 0 Å². The molecule has 4 nitrogen and oxygen atoms in total. The zero-order chi connectivity index (χ0) is 26.1. The number of hydrogen-bond acceptors (Lipinski definition) is 4. The van der Waals surface area contributed by atoms with Crippen LogP contribution in [-0.4, -0.2) is 55.7 Å². The Morgan fingerprint density at radius 2 is 1.43 bits per heavy atom. The van der Waals surface area contributed by atoms with Crippen LogP contribution in [-0.2, 0) is 6.42 Å². The van der Waals surface area contributed by atoms with Crippen molar-refractivity contribution in [2.24, 2.45) is 0 Å². The SMILES string of the molecule is CCCCCCN1CCN(C(c2ccccc2)c2ccccc2)CC1(C)Cc1ccc(OC)c(OC)c1. The van der Waals surface area contributed by atoms with Gasteiger partial charge in [0.2, 0.25) is 0 Å². The molecule has 0 radical (unpaired) electrons. The molecule has 1 aliphatic rings. The first-order valence-electron chi connectivity index (χ1n) is 13.9. The van der Waals surface area contributed by atoms with E-state index in [1.165, 1.54) is 42.4 Å². The minimum absolute atomic E-state index is 0.00583. The third-order valence-corrected chi connectivity index (χ3v) is 7.87. The lowest BCUT2D eigenvalue weighted by Gasteiger charge is -2.51. The van der Waals surface area contributed by atoms with E-state index in [1.54, 1.807) is 14.2 Å². The number of piperazine rings is 1. The molecule has 0 N–H and O–H groups in total. The minimum Gasteiger partial charge on any atom is -0.493 e. The van der Waals surface area contributed by atoms with Crippen molar-refractivity contribution in [1.82, 2.24) is 9.80 Å². The molecule has 0 aliphatic carbocycles. The van der Waals surface area contributed by atoms with Crippen LogP contribution >= 0.6 is 0 Å². The average molecular weight is 501 g/mol. The summed E-state index contributed by atoms with van der Waals surface area (Å²) in [6, 6.07) is 28.6. The highest BCUT2D eigenvalue weighted by atomic mass is 16.5. The predicted octanol–water partition coefficient (Wildman–Crippen LogP) is 6.99. The van der Waals surface area contributed by atoms with Crippen LogP contribution in [0.4, 0.5) is 0 Å². The van der Waals surface area contributed by atoms with E-state index in [0.29, 0.717) is 0 Å². The molecule has 1 heterocycles. The second kappa shape index (κ2) is 13.1. The van der Waals surface area contributed by atoms with Gasteiger partial charge in [0.1, 0.15) is 0 Å². The van der Waals surface area contributed by atoms with E-state index in [9.17, 15) is 0 Å². The van der Waals surface area contributed by atoms with Gasteiger partial charge in [0.25, 0.3) is 0 Å². The smallest absolute Gasteiger partial charge is 0.160 e. The molecule has 4 heteroatoms. The maximum absolute atomic E-state index is 5.64. The van der Waals surface area contributed by atoms with Crippen molar-refractivity contribution in [2.75, 3.05) is 40.4 Å². The lowest BCUT2D eigenvalue weighted by Crippen LogP contribution is -2.62. The van der Waals surface area contributed by atoms with Gasteiger partial charge < -0.3 is 9.47 Å². The fraction of sp³-hybridized carbons (Fsp3) is 0.455. The molecule has 4 rings (SSSR count). The Morgan fingerprint density at radius 3 is 2.03 bits per heavy atom. The molecule has 1 atom stereocenters. The highest BCUT2D eigenvalue weighted by Crippen LogP contribution is 2.36. The number of benzene rings is 3. The molecule has 0 bridgehead atoms. The first-order valence-corrected chi connectivity index (χ1v) is 13.9. The van der Waals surface area contributed by atoms with Crippen LogP contribution in [0, 0.1) is 0 Å². The van der Waals surface area contributed by atoms with Gasteiger partial charge in [-0.2, -0.15) is 0 Å². The van der Waals surface area contributed by atoms with Gasteiger partial charge in [-0.05, 0) is 55.1 Å². The van der Waals surface area contributed by atoms with Gasteiger partial charge in [-0.15, -0.1) is 0 Å². The fourth-order valence-corrected chi connectivity index (χ4v) is 5.95. The fourth-order valence-electron chi connectivity index (χ4n) is 5.95. The van der Waals surface area contributed by atoms with Crippen molar-refractivity contribution in [3.63, 3.8) is 0 Å². The predicted molar refractivity (Wildman–Crippen MR) is 154 cm³/mol. The Balaban J connectivity index is 1.64. The van der Waals surface area contributed by atoms with Gasteiger partial charge in [-0.3, -0.25) is 9.80 Å². The third kappa shape index (κ3) is 6.74. The Morgan fingerprint density at radius 1 is 0.784 bits per heavy atom. The molecule has 1 unspecified atom stereocenters. The van der Waals surface area contributed by atoms with Crippen molar-refractivity contribution in [3.8, 4) is 11.5 Å². The average Bonchev–Trinajstić information content (AvgIpc) is 2.93. The van der Waals surface area contributed by atoms with Crippen LogP contribution in [0.15, 0.2) is 78.9 Å². The first kappa shape index (κ1) is 27.2. The maximum Gasteiger partial charge on any atom is 0.160 e. The van der Waals surface area contributed by atoms with Crippen LogP contribution in [0.5, 0.6) is 11.5 Å². The summed E-state index contributed by atoms with van der Waals surface area (Å²) in [4.78, 5) is 5.46. The number of methoxy groups -OCH3 is 2. The summed E-state index contributed by atoms with van der Waals surface area (Å²) in [6.07, 6.45) is 6.12. The monoisotopic (exact) mass is 500 g/mol. The van der Waals surface area contributed by atoms with E-state index in [1.807, 2.05) is 6.07 Å². The topological polar surface area (TPSA) is 24.9 Å². The van der Waals surface area contributed by atoms with Gasteiger partial charge in [-0.1, -0.05) is 92.9 Å². The summed E-state index contributed by atoms with van der Waals surface area (Å²) in [7, 11) is 3.42.